The lowest BCUT2D eigenvalue weighted by Crippen LogP contribution is -2.21. The second-order valence-electron chi connectivity index (χ2n) is 5.58. The molecular weight excluding hydrogens is 260 g/mol. The van der Waals surface area contributed by atoms with Gasteiger partial charge in [-0.25, -0.2) is 4.79 Å². The number of ether oxygens (including phenoxy) is 1. The van der Waals surface area contributed by atoms with Gasteiger partial charge in [0, 0.05) is 5.56 Å². The summed E-state index contributed by atoms with van der Waals surface area (Å²) in [6.07, 6.45) is 0. The highest BCUT2D eigenvalue weighted by molar-refractivity contribution is 6.49. The van der Waals surface area contributed by atoms with Crippen LogP contribution in [0.1, 0.15) is 36.7 Å². The third-order valence-corrected chi connectivity index (χ3v) is 3.24. The molecule has 0 fully saturated rings. The smallest absolute Gasteiger partial charge is 0.339 e. The van der Waals surface area contributed by atoms with Gasteiger partial charge in [-0.1, -0.05) is 20.8 Å². The average molecular weight is 281 g/mol. The van der Waals surface area contributed by atoms with Crippen molar-refractivity contribution in [2.24, 2.45) is 0 Å². The predicted molar refractivity (Wildman–Crippen MR) is 76.8 cm³/mol. The van der Waals surface area contributed by atoms with Gasteiger partial charge in [0.25, 0.3) is 9.04 Å². The van der Waals surface area contributed by atoms with Crippen molar-refractivity contribution in [2.75, 3.05) is 7.11 Å². The minimum absolute atomic E-state index is 0.192. The van der Waals surface area contributed by atoms with Gasteiger partial charge in [-0.3, -0.25) is 0 Å². The number of rotatable bonds is 4. The number of methoxy groups -OCH3 is 1. The predicted octanol–water partition coefficient (Wildman–Crippen LogP) is 3.32. The van der Waals surface area contributed by atoms with Gasteiger partial charge >= 0.3 is 5.97 Å². The Bertz CT molecular complexity index is 475. The van der Waals surface area contributed by atoms with Gasteiger partial charge in [0.15, 0.2) is 0 Å². The molecule has 105 valence electrons. The molecule has 1 radical (unpaired) electrons. The van der Waals surface area contributed by atoms with Gasteiger partial charge in [-0.05, 0) is 30.6 Å². The third kappa shape index (κ3) is 3.50. The lowest BCUT2D eigenvalue weighted by molar-refractivity contribution is 0.0694. The zero-order valence-electron chi connectivity index (χ0n) is 12.3. The fourth-order valence-electron chi connectivity index (χ4n) is 1.92. The van der Waals surface area contributed by atoms with Crippen molar-refractivity contribution in [1.29, 1.82) is 0 Å². The second kappa shape index (κ2) is 5.65. The molecule has 0 amide bonds. The van der Waals surface area contributed by atoms with E-state index >= 15 is 0 Å². The topological polar surface area (TPSA) is 55.8 Å². The summed E-state index contributed by atoms with van der Waals surface area (Å²) < 4.78 is 11.2. The highest BCUT2D eigenvalue weighted by Gasteiger charge is 2.28. The van der Waals surface area contributed by atoms with Gasteiger partial charge in [0.1, 0.15) is 17.1 Å². The van der Waals surface area contributed by atoms with Crippen LogP contribution in [0.2, 0.25) is 13.1 Å². The third-order valence-electron chi connectivity index (χ3n) is 2.63. The van der Waals surface area contributed by atoms with Crippen molar-refractivity contribution in [1.82, 2.24) is 0 Å². The molecule has 0 unspecified atom stereocenters. The van der Waals surface area contributed by atoms with Crippen LogP contribution in [0.4, 0.5) is 0 Å². The van der Waals surface area contributed by atoms with Crippen LogP contribution in [-0.4, -0.2) is 27.2 Å². The van der Waals surface area contributed by atoms with Gasteiger partial charge in [-0.2, -0.15) is 0 Å². The average Bonchev–Trinajstić information content (AvgIpc) is 2.25. The molecule has 0 heterocycles. The number of benzene rings is 1. The van der Waals surface area contributed by atoms with Crippen LogP contribution in [0.25, 0.3) is 0 Å². The molecule has 1 aromatic carbocycles. The van der Waals surface area contributed by atoms with Gasteiger partial charge < -0.3 is 14.3 Å². The van der Waals surface area contributed by atoms with Crippen LogP contribution in [0.15, 0.2) is 12.1 Å². The van der Waals surface area contributed by atoms with E-state index in [1.165, 1.54) is 6.07 Å². The van der Waals surface area contributed by atoms with Crippen LogP contribution in [-0.2, 0) is 5.41 Å². The van der Waals surface area contributed by atoms with E-state index in [1.807, 2.05) is 33.9 Å². The number of carboxylic acid groups (broad SMARTS) is 1. The van der Waals surface area contributed by atoms with E-state index in [0.29, 0.717) is 11.5 Å². The minimum atomic E-state index is -1.07. The van der Waals surface area contributed by atoms with Crippen LogP contribution < -0.4 is 9.16 Å². The Kier molecular flexibility index (Phi) is 4.63. The highest BCUT2D eigenvalue weighted by Crippen LogP contribution is 2.41. The van der Waals surface area contributed by atoms with Crippen LogP contribution in [0.5, 0.6) is 11.5 Å². The normalized spacial score (nSPS) is 11.5. The molecule has 1 rings (SSSR count). The van der Waals surface area contributed by atoms with Gasteiger partial charge in [0.2, 0.25) is 0 Å². The molecule has 0 spiro atoms. The fraction of sp³-hybridized carbons (Fsp3) is 0.500. The summed E-state index contributed by atoms with van der Waals surface area (Å²) in [5.74, 6) is 0.125. The highest BCUT2D eigenvalue weighted by atomic mass is 28.3. The Labute approximate surface area is 116 Å². The molecule has 0 saturated heterocycles. The van der Waals surface area contributed by atoms with E-state index in [0.717, 1.165) is 5.56 Å². The Morgan fingerprint density at radius 1 is 1.26 bits per heavy atom. The maximum absolute atomic E-state index is 11.4. The van der Waals surface area contributed by atoms with E-state index < -0.39 is 15.0 Å². The standard InChI is InChI=1S/C14H21O4Si/c1-14(2,3)11-10(17-4)8-7-9(13(15)16)12(11)18-19(5)6/h7-8H,1-6H3,(H,15,16). The Hall–Kier alpha value is -1.49. The summed E-state index contributed by atoms with van der Waals surface area (Å²) in [6.45, 7) is 9.99. The molecule has 4 nitrogen and oxygen atoms in total. The summed E-state index contributed by atoms with van der Waals surface area (Å²) in [5, 5.41) is 9.32. The van der Waals surface area contributed by atoms with E-state index in [9.17, 15) is 9.90 Å². The molecule has 19 heavy (non-hydrogen) atoms. The summed E-state index contributed by atoms with van der Waals surface area (Å²) in [6, 6.07) is 3.23. The second-order valence-corrected chi connectivity index (χ2v) is 7.61. The number of carboxylic acids is 1. The van der Waals surface area contributed by atoms with Crippen molar-refractivity contribution in [3.63, 3.8) is 0 Å². The monoisotopic (exact) mass is 281 g/mol. The first-order valence-electron chi connectivity index (χ1n) is 6.11. The quantitative estimate of drug-likeness (QED) is 0.860. The Morgan fingerprint density at radius 3 is 2.21 bits per heavy atom. The van der Waals surface area contributed by atoms with Crippen molar-refractivity contribution in [2.45, 2.75) is 39.3 Å². The molecule has 0 aliphatic heterocycles. The zero-order chi connectivity index (χ0) is 14.8. The molecule has 1 aromatic rings. The minimum Gasteiger partial charge on any atom is -0.542 e. The molecule has 0 aliphatic carbocycles. The summed E-state index contributed by atoms with van der Waals surface area (Å²) in [4.78, 5) is 11.4. The lowest BCUT2D eigenvalue weighted by atomic mass is 9.84. The van der Waals surface area contributed by atoms with Crippen molar-refractivity contribution >= 4 is 15.0 Å². The first kappa shape index (κ1) is 15.6. The maximum Gasteiger partial charge on any atom is 0.339 e. The number of hydrogen-bond acceptors (Lipinski definition) is 3. The van der Waals surface area contributed by atoms with Crippen molar-refractivity contribution in [3.8, 4) is 11.5 Å². The molecule has 5 heteroatoms. The zero-order valence-corrected chi connectivity index (χ0v) is 13.3. The van der Waals surface area contributed by atoms with Crippen molar-refractivity contribution in [3.05, 3.63) is 23.3 Å². The van der Waals surface area contributed by atoms with Crippen LogP contribution in [0, 0.1) is 0 Å². The van der Waals surface area contributed by atoms with Gasteiger partial charge in [0.05, 0.1) is 7.11 Å². The lowest BCUT2D eigenvalue weighted by Gasteiger charge is -2.27. The molecule has 0 aliphatic rings. The van der Waals surface area contributed by atoms with E-state index in [1.54, 1.807) is 13.2 Å². The Balaban J connectivity index is 3.61. The van der Waals surface area contributed by atoms with Crippen LogP contribution in [0.3, 0.4) is 0 Å². The molecule has 0 bridgehead atoms. The number of hydrogen-bond donors (Lipinski definition) is 1. The Morgan fingerprint density at radius 2 is 1.84 bits per heavy atom. The molecular formula is C14H21O4Si. The first-order valence-corrected chi connectivity index (χ1v) is 8.52. The first-order chi connectivity index (χ1) is 8.68. The van der Waals surface area contributed by atoms with Crippen molar-refractivity contribution < 1.29 is 19.1 Å². The van der Waals surface area contributed by atoms with Gasteiger partial charge in [-0.15, -0.1) is 0 Å². The molecule has 0 saturated carbocycles. The number of carbonyl (C=O) groups is 1. The van der Waals surface area contributed by atoms with E-state index in [-0.39, 0.29) is 11.0 Å². The summed E-state index contributed by atoms with van der Waals surface area (Å²) in [5.41, 5.74) is 0.738. The molecule has 1 N–H and O–H groups in total. The van der Waals surface area contributed by atoms with E-state index in [2.05, 4.69) is 0 Å². The SMILES string of the molecule is COc1ccc(C(=O)O)c(O[Si](C)C)c1C(C)(C)C. The maximum atomic E-state index is 11.4. The largest absolute Gasteiger partial charge is 0.542 e. The van der Waals surface area contributed by atoms with Crippen LogP contribution >= 0.6 is 0 Å². The number of aromatic carboxylic acids is 1. The molecule has 0 atom stereocenters. The molecule has 0 aromatic heterocycles. The fourth-order valence-corrected chi connectivity index (χ4v) is 2.54. The summed E-state index contributed by atoms with van der Waals surface area (Å²) in [7, 11) is 0.515. The van der Waals surface area contributed by atoms with E-state index in [4.69, 9.17) is 9.16 Å². The summed E-state index contributed by atoms with van der Waals surface area (Å²) >= 11 is 0.